The number of fused-ring (bicyclic) bond motifs is 4. The Hall–Kier alpha value is -7.81. The lowest BCUT2D eigenvalue weighted by Gasteiger charge is -2.37. The van der Waals surface area contributed by atoms with Crippen molar-refractivity contribution in [2.75, 3.05) is 74.8 Å². The first-order valence-electron chi connectivity index (χ1n) is 28.3. The smallest absolute Gasteiger partial charge is 0.330 e. The number of cyclic esters (lactones) is 2. The van der Waals surface area contributed by atoms with Crippen LogP contribution in [0.5, 0.6) is 17.2 Å². The Kier molecular flexibility index (Phi) is 22.4. The van der Waals surface area contributed by atoms with Crippen molar-refractivity contribution in [2.24, 2.45) is 5.41 Å². The molecule has 1 unspecified atom stereocenters. The predicted octanol–water partition coefficient (Wildman–Crippen LogP) is 5.58. The number of hydrogen-bond donors (Lipinski definition) is 1. The van der Waals surface area contributed by atoms with E-state index >= 15 is 0 Å². The van der Waals surface area contributed by atoms with Crippen LogP contribution >= 0.6 is 0 Å². The fourth-order valence-corrected chi connectivity index (χ4v) is 10.0. The molecule has 6 atom stereocenters. The molecule has 3 aliphatic rings. The number of carbonyl (C=O) groups excluding carboxylic acids is 9. The Morgan fingerprint density at radius 2 is 1.40 bits per heavy atom. The summed E-state index contributed by atoms with van der Waals surface area (Å²) in [6.45, 7) is 9.17. The maximum atomic E-state index is 14.9. The summed E-state index contributed by atoms with van der Waals surface area (Å²) in [5, 5.41) is 2.83. The van der Waals surface area contributed by atoms with Gasteiger partial charge in [0.05, 0.1) is 31.8 Å². The SMILES string of the molecule is COc1ccc(CC[C@H]2OC(=O)[C@@H]3CCCCN3C(=O)C(=O)C(C)(C)COC(=O)/C=C\CCN(C)C(=O)[C@@H]3CCCN3C(=O)[C@H](COC(C)(C)C)N(C)C(=O)C(c3ccccc3)NC(=O)[C@@H](C)N(C)C(=O)COc3cccc2c3)cc1OC. The zero-order chi connectivity index (χ0) is 60.8. The van der Waals surface area contributed by atoms with Crippen molar-refractivity contribution >= 4 is 53.2 Å². The van der Waals surface area contributed by atoms with Crippen molar-refractivity contribution in [3.8, 4) is 17.2 Å². The van der Waals surface area contributed by atoms with E-state index in [4.69, 9.17) is 28.4 Å². The molecule has 1 N–H and O–H groups in total. The minimum absolute atomic E-state index is 0.105. The number of likely N-dealkylation sites (N-methyl/N-ethyl adjacent to an activating group) is 3. The predicted molar refractivity (Wildman–Crippen MR) is 306 cm³/mol. The molecule has 21 nitrogen and oxygen atoms in total. The molecule has 0 aromatic heterocycles. The van der Waals surface area contributed by atoms with Gasteiger partial charge in [-0.2, -0.15) is 0 Å². The third-order valence-electron chi connectivity index (χ3n) is 15.3. The molecule has 2 saturated heterocycles. The van der Waals surface area contributed by atoms with Crippen LogP contribution in [0, 0.1) is 5.41 Å². The second-order valence-corrected chi connectivity index (χ2v) is 22.9. The summed E-state index contributed by atoms with van der Waals surface area (Å²) < 4.78 is 35.0. The third kappa shape index (κ3) is 16.9. The number of hydrogen-bond acceptors (Lipinski definition) is 15. The summed E-state index contributed by atoms with van der Waals surface area (Å²) >= 11 is 0. The van der Waals surface area contributed by atoms with Gasteiger partial charge in [0.25, 0.3) is 11.8 Å². The van der Waals surface area contributed by atoms with Crippen LogP contribution in [0.15, 0.2) is 84.9 Å². The molecule has 3 aliphatic heterocycles. The maximum absolute atomic E-state index is 14.9. The number of ketones is 1. The maximum Gasteiger partial charge on any atom is 0.330 e. The number of rotatable bonds is 8. The standard InChI is InChI=1S/C62H82N6O15/c1-40-55(72)63-53(42-21-13-12-14-22-42)58(75)66(9)47(37-82-61(2,3)4)57(74)67-34-20-26-45(67)56(73)64(7)32-17-16-27-52(70)81-39-62(5,6)54(71)59(76)68-33-18-15-25-46(68)60(77)83-48(30-28-41-29-31-49(78-10)50(35-41)79-11)43-23-19-24-44(36-43)80-38-51(69)65(40)8/h12-14,16,19,21-24,27,29,31,35-36,40,45-48,53H,15,17-18,20,25-26,28,30,32-34,37-39H2,1-11H3,(H,63,72)/b27-16-/t40-,45+,46+,47+,48-,53?/m1/s1. The van der Waals surface area contributed by atoms with Gasteiger partial charge in [0.1, 0.15) is 48.7 Å². The van der Waals surface area contributed by atoms with E-state index in [1.54, 1.807) is 67.7 Å². The summed E-state index contributed by atoms with van der Waals surface area (Å²) in [6.07, 6.45) is 4.79. The topological polar surface area (TPSA) is 237 Å². The number of carbonyl (C=O) groups is 9. The van der Waals surface area contributed by atoms with Crippen molar-refractivity contribution in [1.29, 1.82) is 0 Å². The zero-order valence-electron chi connectivity index (χ0n) is 49.8. The number of benzene rings is 3. The van der Waals surface area contributed by atoms with E-state index in [0.29, 0.717) is 54.7 Å². The average molecular weight is 1150 g/mol. The van der Waals surface area contributed by atoms with Gasteiger partial charge < -0.3 is 58.2 Å². The highest BCUT2D eigenvalue weighted by Crippen LogP contribution is 2.33. The number of piperidine rings is 1. The molecule has 3 heterocycles. The number of methoxy groups -OCH3 is 2. The van der Waals surface area contributed by atoms with Crippen LogP contribution in [-0.2, 0) is 63.8 Å². The van der Waals surface area contributed by atoms with E-state index in [0.717, 1.165) is 5.56 Å². The molecule has 0 spiro atoms. The van der Waals surface area contributed by atoms with Crippen molar-refractivity contribution < 1.29 is 71.6 Å². The zero-order valence-corrected chi connectivity index (χ0v) is 49.8. The Morgan fingerprint density at radius 3 is 2.10 bits per heavy atom. The lowest BCUT2D eigenvalue weighted by molar-refractivity contribution is -0.165. The first-order valence-corrected chi connectivity index (χ1v) is 28.3. The molecule has 6 amide bonds. The number of nitrogens with one attached hydrogen (secondary N) is 1. The Morgan fingerprint density at radius 1 is 0.711 bits per heavy atom. The molecule has 0 saturated carbocycles. The Labute approximate surface area is 486 Å². The summed E-state index contributed by atoms with van der Waals surface area (Å²) in [5.74, 6) is -4.84. The molecule has 3 aromatic rings. The van der Waals surface area contributed by atoms with Crippen molar-refractivity contribution in [1.82, 2.24) is 29.8 Å². The van der Waals surface area contributed by atoms with Crippen LogP contribution < -0.4 is 19.5 Å². The summed E-state index contributed by atoms with van der Waals surface area (Å²) in [4.78, 5) is 134. The lowest BCUT2D eigenvalue weighted by atomic mass is 9.87. The minimum Gasteiger partial charge on any atom is -0.493 e. The van der Waals surface area contributed by atoms with Crippen LogP contribution in [0.1, 0.15) is 115 Å². The van der Waals surface area contributed by atoms with Crippen molar-refractivity contribution in [2.45, 2.75) is 135 Å². The lowest BCUT2D eigenvalue weighted by Crippen LogP contribution is -2.58. The fourth-order valence-electron chi connectivity index (χ4n) is 10.0. The van der Waals surface area contributed by atoms with Crippen LogP contribution in [0.4, 0.5) is 0 Å². The number of esters is 2. The molecule has 0 aliphatic carbocycles. The van der Waals surface area contributed by atoms with Gasteiger partial charge in [0, 0.05) is 46.9 Å². The number of nitrogens with zero attached hydrogens (tertiary/aromatic N) is 5. The molecular formula is C62H82N6O15. The Balaban J connectivity index is 1.32. The minimum atomic E-state index is -1.49. The first-order chi connectivity index (χ1) is 39.3. The monoisotopic (exact) mass is 1150 g/mol. The number of Topliss-reactive ketones (excluding diaryl/α,β-unsaturated/α-hetero) is 1. The van der Waals surface area contributed by atoms with Crippen LogP contribution in [0.3, 0.4) is 0 Å². The molecule has 3 aromatic carbocycles. The van der Waals surface area contributed by atoms with Gasteiger partial charge in [-0.3, -0.25) is 33.6 Å². The quantitative estimate of drug-likeness (QED) is 0.214. The van der Waals surface area contributed by atoms with Gasteiger partial charge in [-0.25, -0.2) is 9.59 Å². The summed E-state index contributed by atoms with van der Waals surface area (Å²) in [6, 6.07) is 14.9. The van der Waals surface area contributed by atoms with E-state index in [1.807, 2.05) is 32.9 Å². The summed E-state index contributed by atoms with van der Waals surface area (Å²) in [5.41, 5.74) is -0.492. The second-order valence-electron chi connectivity index (χ2n) is 22.9. The molecule has 2 bridgehead atoms. The first kappa shape index (κ1) is 64.4. The van der Waals surface area contributed by atoms with Crippen molar-refractivity contribution in [3.05, 3.63) is 102 Å². The fraction of sp³-hybridized carbons (Fsp3) is 0.532. The second kappa shape index (κ2) is 28.9. The van der Waals surface area contributed by atoms with E-state index in [-0.39, 0.29) is 57.2 Å². The molecule has 21 heteroatoms. The van der Waals surface area contributed by atoms with Gasteiger partial charge >= 0.3 is 11.9 Å². The van der Waals surface area contributed by atoms with E-state index in [1.165, 1.54) is 85.7 Å². The third-order valence-corrected chi connectivity index (χ3v) is 15.3. The summed E-state index contributed by atoms with van der Waals surface area (Å²) in [7, 11) is 7.52. The molecule has 6 rings (SSSR count). The molecule has 83 heavy (non-hydrogen) atoms. The van der Waals surface area contributed by atoms with Gasteiger partial charge in [-0.1, -0.05) is 54.6 Å². The molecule has 450 valence electrons. The van der Waals surface area contributed by atoms with E-state index in [2.05, 4.69) is 5.32 Å². The normalized spacial score (nSPS) is 24.2. The van der Waals surface area contributed by atoms with E-state index in [9.17, 15) is 43.2 Å². The average Bonchev–Trinajstić information content (AvgIpc) is 4.25. The van der Waals surface area contributed by atoms with Crippen LogP contribution in [-0.4, -0.2) is 182 Å². The van der Waals surface area contributed by atoms with Gasteiger partial charge in [0.15, 0.2) is 18.1 Å². The highest BCUT2D eigenvalue weighted by atomic mass is 16.5. The van der Waals surface area contributed by atoms with Crippen LogP contribution in [0.25, 0.3) is 0 Å². The van der Waals surface area contributed by atoms with Crippen LogP contribution in [0.2, 0.25) is 0 Å². The highest BCUT2D eigenvalue weighted by molar-refractivity contribution is 6.38. The van der Waals surface area contributed by atoms with Gasteiger partial charge in [-0.05, 0) is 134 Å². The largest absolute Gasteiger partial charge is 0.493 e. The number of aryl methyl sites for hydroxylation is 1. The van der Waals surface area contributed by atoms with E-state index < -0.39 is 108 Å². The molecule has 2 fully saturated rings. The van der Waals surface area contributed by atoms with Gasteiger partial charge in [0.2, 0.25) is 29.4 Å². The van der Waals surface area contributed by atoms with Crippen molar-refractivity contribution in [3.63, 3.8) is 0 Å². The van der Waals surface area contributed by atoms with Gasteiger partial charge in [-0.15, -0.1) is 0 Å². The highest BCUT2D eigenvalue weighted by Gasteiger charge is 2.44. The number of ether oxygens (including phenoxy) is 6. The molecular weight excluding hydrogens is 1070 g/mol. The molecule has 0 radical (unpaired) electrons. The number of amides is 6. The Bertz CT molecular complexity index is 2850.